The first kappa shape index (κ1) is 24.7. The molecule has 1 fully saturated rings. The number of nitrogens with zero attached hydrogens (tertiary/aromatic N) is 5. The van der Waals surface area contributed by atoms with Crippen molar-refractivity contribution in [1.29, 1.82) is 0 Å². The van der Waals surface area contributed by atoms with Gasteiger partial charge >= 0.3 is 0 Å². The number of benzene rings is 1. The fourth-order valence-corrected chi connectivity index (χ4v) is 5.39. The van der Waals surface area contributed by atoms with Crippen LogP contribution < -0.4 is 15.0 Å². The molecule has 0 aliphatic heterocycles. The van der Waals surface area contributed by atoms with Gasteiger partial charge < -0.3 is 14.5 Å². The molecule has 37 heavy (non-hydrogen) atoms. The summed E-state index contributed by atoms with van der Waals surface area (Å²) >= 11 is 1.42. The highest BCUT2D eigenvalue weighted by Crippen LogP contribution is 2.37. The lowest BCUT2D eigenvalue weighted by molar-refractivity contribution is -0.127. The second kappa shape index (κ2) is 11.0. The Morgan fingerprint density at radius 3 is 2.70 bits per heavy atom. The van der Waals surface area contributed by atoms with Crippen LogP contribution in [0.5, 0.6) is 5.75 Å². The van der Waals surface area contributed by atoms with Crippen LogP contribution in [-0.4, -0.2) is 45.2 Å². The molecule has 0 radical (unpaired) electrons. The molecule has 1 aliphatic rings. The van der Waals surface area contributed by atoms with Crippen LogP contribution >= 0.6 is 11.3 Å². The summed E-state index contributed by atoms with van der Waals surface area (Å²) < 4.78 is 11.2. The van der Waals surface area contributed by atoms with Crippen molar-refractivity contribution in [3.63, 3.8) is 0 Å². The number of thiophene rings is 1. The molecule has 5 rings (SSSR count). The minimum Gasteiger partial charge on any atom is -0.495 e. The Balaban J connectivity index is 1.50. The van der Waals surface area contributed by atoms with Gasteiger partial charge in [-0.25, -0.2) is 0 Å². The predicted octanol–water partition coefficient (Wildman–Crippen LogP) is 4.14. The molecule has 1 aromatic carbocycles. The third-order valence-corrected chi connectivity index (χ3v) is 7.25. The van der Waals surface area contributed by atoms with Crippen LogP contribution in [0.1, 0.15) is 42.4 Å². The fraction of sp³-hybridized carbons (Fsp3) is 0.346. The van der Waals surface area contributed by atoms with Crippen LogP contribution in [0, 0.1) is 6.92 Å². The van der Waals surface area contributed by atoms with E-state index in [1.54, 1.807) is 24.3 Å². The highest BCUT2D eigenvalue weighted by atomic mass is 32.1. The van der Waals surface area contributed by atoms with Crippen molar-refractivity contribution >= 4 is 28.8 Å². The number of tetrazole rings is 1. The van der Waals surface area contributed by atoms with E-state index in [0.29, 0.717) is 17.2 Å². The first-order chi connectivity index (χ1) is 18.0. The molecule has 1 aliphatic carbocycles. The maximum Gasteiger partial charge on any atom is 0.251 e. The standard InChI is InChI=1S/C26H28N6O4S/c1-17-13-14-21(36-17)25-28-30-31(29-25)16-23(33)32(19-10-5-6-11-20(19)35-2)24(22-12-7-15-37-22)26(34)27-18-8-3-4-9-18/h5-7,10-15,18,24H,3-4,8-9,16H2,1-2H3,(H,27,34)/t24-/m1/s1. The van der Waals surface area contributed by atoms with E-state index < -0.39 is 6.04 Å². The van der Waals surface area contributed by atoms with E-state index in [1.165, 1.54) is 28.1 Å². The summed E-state index contributed by atoms with van der Waals surface area (Å²) in [7, 11) is 1.54. The molecule has 3 aromatic heterocycles. The van der Waals surface area contributed by atoms with Gasteiger partial charge in [0.25, 0.3) is 5.91 Å². The van der Waals surface area contributed by atoms with Gasteiger partial charge in [-0.3, -0.25) is 14.5 Å². The number of furan rings is 1. The Bertz CT molecular complexity index is 1360. The summed E-state index contributed by atoms with van der Waals surface area (Å²) in [5.74, 6) is 1.32. The van der Waals surface area contributed by atoms with Crippen LogP contribution in [0.4, 0.5) is 5.69 Å². The normalized spacial score (nSPS) is 14.4. The maximum absolute atomic E-state index is 14.0. The average Bonchev–Trinajstić information content (AvgIpc) is 3.71. The maximum atomic E-state index is 14.0. The topological polar surface area (TPSA) is 115 Å². The first-order valence-electron chi connectivity index (χ1n) is 12.2. The van der Waals surface area contributed by atoms with Crippen LogP contribution in [0.2, 0.25) is 0 Å². The van der Waals surface area contributed by atoms with Gasteiger partial charge in [0.15, 0.2) is 5.76 Å². The van der Waals surface area contributed by atoms with E-state index in [2.05, 4.69) is 20.7 Å². The number of carbonyl (C=O) groups is 2. The van der Waals surface area contributed by atoms with Crippen molar-refractivity contribution in [2.75, 3.05) is 12.0 Å². The third-order valence-electron chi connectivity index (χ3n) is 6.32. The molecule has 4 aromatic rings. The number of hydrogen-bond acceptors (Lipinski definition) is 8. The predicted molar refractivity (Wildman–Crippen MR) is 138 cm³/mol. The minimum atomic E-state index is -0.889. The van der Waals surface area contributed by atoms with Gasteiger partial charge in [-0.1, -0.05) is 31.0 Å². The van der Waals surface area contributed by atoms with Crippen LogP contribution in [0.15, 0.2) is 58.3 Å². The molecule has 2 amide bonds. The number of nitrogens with one attached hydrogen (secondary N) is 1. The molecule has 3 heterocycles. The molecule has 1 N–H and O–H groups in total. The lowest BCUT2D eigenvalue weighted by atomic mass is 10.1. The summed E-state index contributed by atoms with van der Waals surface area (Å²) in [6.07, 6.45) is 4.03. The van der Waals surface area contributed by atoms with Crippen molar-refractivity contribution in [2.45, 2.75) is 51.2 Å². The van der Waals surface area contributed by atoms with Crippen molar-refractivity contribution in [3.05, 3.63) is 64.5 Å². The largest absolute Gasteiger partial charge is 0.495 e. The number of anilines is 1. The van der Waals surface area contributed by atoms with Crippen LogP contribution in [0.3, 0.4) is 0 Å². The highest BCUT2D eigenvalue weighted by Gasteiger charge is 2.36. The molecule has 0 saturated heterocycles. The van der Waals surface area contributed by atoms with Crippen molar-refractivity contribution in [1.82, 2.24) is 25.5 Å². The summed E-state index contributed by atoms with van der Waals surface area (Å²) in [5, 5.41) is 17.5. The average molecular weight is 521 g/mol. The quantitative estimate of drug-likeness (QED) is 0.353. The molecule has 0 spiro atoms. The van der Waals surface area contributed by atoms with Crippen LogP contribution in [-0.2, 0) is 16.1 Å². The molecule has 1 saturated carbocycles. The second-order valence-electron chi connectivity index (χ2n) is 8.90. The lowest BCUT2D eigenvalue weighted by Gasteiger charge is -2.32. The monoisotopic (exact) mass is 520 g/mol. The number of aromatic nitrogens is 4. The van der Waals surface area contributed by atoms with Gasteiger partial charge in [0, 0.05) is 10.9 Å². The Morgan fingerprint density at radius 1 is 1.19 bits per heavy atom. The number of amides is 2. The van der Waals surface area contributed by atoms with E-state index in [-0.39, 0.29) is 30.2 Å². The van der Waals surface area contributed by atoms with Crippen molar-refractivity contribution in [3.8, 4) is 17.3 Å². The Hall–Kier alpha value is -3.99. The number of carbonyl (C=O) groups excluding carboxylic acids is 2. The molecule has 1 atom stereocenters. The number of ether oxygens (including phenoxy) is 1. The van der Waals surface area contributed by atoms with Gasteiger partial charge in [0.05, 0.1) is 12.8 Å². The van der Waals surface area contributed by atoms with E-state index in [9.17, 15) is 9.59 Å². The number of rotatable bonds is 9. The first-order valence-corrected chi connectivity index (χ1v) is 13.0. The van der Waals surface area contributed by atoms with Crippen LogP contribution in [0.25, 0.3) is 11.6 Å². The Morgan fingerprint density at radius 2 is 2.00 bits per heavy atom. The summed E-state index contributed by atoms with van der Waals surface area (Å²) in [4.78, 5) is 31.1. The lowest BCUT2D eigenvalue weighted by Crippen LogP contribution is -2.47. The van der Waals surface area contributed by atoms with E-state index in [4.69, 9.17) is 9.15 Å². The minimum absolute atomic E-state index is 0.0980. The highest BCUT2D eigenvalue weighted by molar-refractivity contribution is 7.10. The van der Waals surface area contributed by atoms with E-state index in [1.807, 2.05) is 36.6 Å². The van der Waals surface area contributed by atoms with Crippen molar-refractivity contribution in [2.24, 2.45) is 0 Å². The summed E-state index contributed by atoms with van der Waals surface area (Å²) in [6.45, 7) is 1.59. The number of para-hydroxylation sites is 2. The van der Waals surface area contributed by atoms with Gasteiger partial charge in [0.1, 0.15) is 24.1 Å². The zero-order valence-corrected chi connectivity index (χ0v) is 21.5. The van der Waals surface area contributed by atoms with Gasteiger partial charge in [-0.05, 0) is 60.7 Å². The number of hydrogen-bond donors (Lipinski definition) is 1. The Labute approximate surface area is 218 Å². The van der Waals surface area contributed by atoms with Gasteiger partial charge in [-0.2, -0.15) is 4.80 Å². The van der Waals surface area contributed by atoms with Gasteiger partial charge in [-0.15, -0.1) is 21.5 Å². The zero-order valence-electron chi connectivity index (χ0n) is 20.7. The number of aryl methyl sites for hydroxylation is 1. The van der Waals surface area contributed by atoms with Gasteiger partial charge in [0.2, 0.25) is 11.7 Å². The molecule has 0 bridgehead atoms. The van der Waals surface area contributed by atoms with Crippen molar-refractivity contribution < 1.29 is 18.7 Å². The molecule has 10 nitrogen and oxygen atoms in total. The third kappa shape index (κ3) is 5.41. The summed E-state index contributed by atoms with van der Waals surface area (Å²) in [5.41, 5.74) is 0.483. The van der Waals surface area contributed by atoms with E-state index in [0.717, 1.165) is 36.3 Å². The fourth-order valence-electron chi connectivity index (χ4n) is 4.58. The molecule has 11 heteroatoms. The zero-order chi connectivity index (χ0) is 25.8. The SMILES string of the molecule is COc1ccccc1N(C(=O)Cn1nnc(-c2ccc(C)o2)n1)[C@@H](C(=O)NC1CCCC1)c1cccs1. The van der Waals surface area contributed by atoms with E-state index >= 15 is 0 Å². The summed E-state index contributed by atoms with van der Waals surface area (Å²) in [6, 6.07) is 13.7. The molecule has 0 unspecified atom stereocenters. The second-order valence-corrected chi connectivity index (χ2v) is 9.88. The smallest absolute Gasteiger partial charge is 0.251 e. The molecular weight excluding hydrogens is 492 g/mol. The Kier molecular flexibility index (Phi) is 7.31. The molecular formula is C26H28N6O4S. The number of methoxy groups -OCH3 is 1. The molecule has 192 valence electrons.